The van der Waals surface area contributed by atoms with Crippen LogP contribution < -0.4 is 10.6 Å². The third-order valence-electron chi connectivity index (χ3n) is 2.80. The maximum Gasteiger partial charge on any atom is 0.226 e. The van der Waals surface area contributed by atoms with Gasteiger partial charge in [-0.1, -0.05) is 6.92 Å². The van der Waals surface area contributed by atoms with E-state index in [9.17, 15) is 0 Å². The Hall–Kier alpha value is -1.89. The van der Waals surface area contributed by atoms with Crippen LogP contribution in [0.2, 0.25) is 0 Å². The number of H-pyrrole nitrogens is 1. The van der Waals surface area contributed by atoms with Crippen LogP contribution >= 0.6 is 0 Å². The Balaban J connectivity index is 2.32. The van der Waals surface area contributed by atoms with Gasteiger partial charge in [0.15, 0.2) is 5.65 Å². The minimum atomic E-state index is -0.227. The van der Waals surface area contributed by atoms with E-state index in [2.05, 4.69) is 51.6 Å². The summed E-state index contributed by atoms with van der Waals surface area (Å²) in [7, 11) is 1.69. The van der Waals surface area contributed by atoms with Crippen molar-refractivity contribution in [1.29, 1.82) is 0 Å². The van der Waals surface area contributed by atoms with Crippen LogP contribution in [0.25, 0.3) is 11.0 Å². The molecule has 0 bridgehead atoms. The molecule has 110 valence electrons. The lowest BCUT2D eigenvalue weighted by Crippen LogP contribution is -2.36. The Morgan fingerprint density at radius 3 is 2.85 bits per heavy atom. The number of hydrogen-bond donors (Lipinski definition) is 3. The molecule has 2 aromatic rings. The molecule has 0 fully saturated rings. The van der Waals surface area contributed by atoms with Crippen LogP contribution in [0.4, 0.5) is 11.8 Å². The van der Waals surface area contributed by atoms with Crippen LogP contribution in [0.3, 0.4) is 0 Å². The zero-order valence-electron chi connectivity index (χ0n) is 12.4. The maximum atomic E-state index is 5.22. The van der Waals surface area contributed by atoms with Gasteiger partial charge in [-0.3, -0.25) is 5.10 Å². The third kappa shape index (κ3) is 3.36. The molecule has 0 spiro atoms. The Kier molecular flexibility index (Phi) is 4.39. The van der Waals surface area contributed by atoms with Gasteiger partial charge >= 0.3 is 0 Å². The van der Waals surface area contributed by atoms with Crippen molar-refractivity contribution in [2.45, 2.75) is 32.7 Å². The molecule has 7 heteroatoms. The lowest BCUT2D eigenvalue weighted by Gasteiger charge is -2.26. The minimum absolute atomic E-state index is 0.227. The number of aromatic nitrogens is 4. The molecule has 0 aliphatic heterocycles. The fourth-order valence-electron chi connectivity index (χ4n) is 1.96. The van der Waals surface area contributed by atoms with E-state index >= 15 is 0 Å². The predicted octanol–water partition coefficient (Wildman–Crippen LogP) is 2.01. The molecular weight excluding hydrogens is 256 g/mol. The van der Waals surface area contributed by atoms with E-state index in [0.717, 1.165) is 24.2 Å². The summed E-state index contributed by atoms with van der Waals surface area (Å²) in [5.74, 6) is 1.35. The zero-order chi connectivity index (χ0) is 14.6. The van der Waals surface area contributed by atoms with E-state index < -0.39 is 0 Å². The molecular formula is C13H22N6O. The number of hydrogen-bond acceptors (Lipinski definition) is 6. The van der Waals surface area contributed by atoms with Gasteiger partial charge in [0, 0.05) is 13.7 Å². The van der Waals surface area contributed by atoms with Crippen LogP contribution in [0, 0.1) is 0 Å². The molecule has 0 aromatic carbocycles. The van der Waals surface area contributed by atoms with Gasteiger partial charge in [0.05, 0.1) is 23.7 Å². The summed E-state index contributed by atoms with van der Waals surface area (Å²) < 4.78 is 5.22. The number of methoxy groups -OCH3 is 1. The fraction of sp³-hybridized carbons (Fsp3) is 0.615. The van der Waals surface area contributed by atoms with Gasteiger partial charge in [0.25, 0.3) is 0 Å². The number of nitrogens with zero attached hydrogens (tertiary/aromatic N) is 3. The Morgan fingerprint density at radius 1 is 1.35 bits per heavy atom. The SMILES string of the molecule is CCCNc1nc(NC(C)(C)COC)c2cn[nH]c2n1. The molecule has 3 N–H and O–H groups in total. The second-order valence-corrected chi connectivity index (χ2v) is 5.40. The van der Waals surface area contributed by atoms with Crippen molar-refractivity contribution < 1.29 is 4.74 Å². The lowest BCUT2D eigenvalue weighted by atomic mass is 10.1. The van der Waals surface area contributed by atoms with Crippen LogP contribution in [-0.2, 0) is 4.74 Å². The molecule has 2 heterocycles. The van der Waals surface area contributed by atoms with Gasteiger partial charge in [-0.25, -0.2) is 0 Å². The van der Waals surface area contributed by atoms with E-state index in [-0.39, 0.29) is 5.54 Å². The smallest absolute Gasteiger partial charge is 0.226 e. The first kappa shape index (κ1) is 14.5. The van der Waals surface area contributed by atoms with E-state index in [4.69, 9.17) is 4.74 Å². The summed E-state index contributed by atoms with van der Waals surface area (Å²) in [5.41, 5.74) is 0.490. The van der Waals surface area contributed by atoms with Gasteiger partial charge in [0.2, 0.25) is 5.95 Å². The quantitative estimate of drug-likeness (QED) is 0.718. The number of rotatable bonds is 7. The number of fused-ring (bicyclic) bond motifs is 1. The van der Waals surface area contributed by atoms with Gasteiger partial charge in [-0.15, -0.1) is 0 Å². The third-order valence-corrected chi connectivity index (χ3v) is 2.80. The van der Waals surface area contributed by atoms with E-state index in [0.29, 0.717) is 18.2 Å². The largest absolute Gasteiger partial charge is 0.382 e. The summed E-state index contributed by atoms with van der Waals surface area (Å²) in [6.07, 6.45) is 2.74. The normalized spacial score (nSPS) is 11.8. The van der Waals surface area contributed by atoms with Gasteiger partial charge < -0.3 is 15.4 Å². The summed E-state index contributed by atoms with van der Waals surface area (Å²) in [5, 5.41) is 14.4. The van der Waals surface area contributed by atoms with Crippen molar-refractivity contribution in [3.8, 4) is 0 Å². The fourth-order valence-corrected chi connectivity index (χ4v) is 1.96. The molecule has 20 heavy (non-hydrogen) atoms. The second kappa shape index (κ2) is 6.04. The first-order valence-electron chi connectivity index (χ1n) is 6.78. The standard InChI is InChI=1S/C13H22N6O/c1-5-6-14-12-16-10(18-13(2,3)8-20-4)9-7-15-19-11(9)17-12/h7H,5-6,8H2,1-4H3,(H3,14,15,16,17,18,19). The predicted molar refractivity (Wildman–Crippen MR) is 80.0 cm³/mol. The van der Waals surface area contributed by atoms with Crippen molar-refractivity contribution in [2.75, 3.05) is 30.9 Å². The van der Waals surface area contributed by atoms with Crippen molar-refractivity contribution in [2.24, 2.45) is 0 Å². The summed E-state index contributed by atoms with van der Waals surface area (Å²) in [6, 6.07) is 0. The Bertz CT molecular complexity index is 565. The highest BCUT2D eigenvalue weighted by Crippen LogP contribution is 2.23. The van der Waals surface area contributed by atoms with Gasteiger partial charge in [0.1, 0.15) is 5.82 Å². The van der Waals surface area contributed by atoms with Crippen LogP contribution in [-0.4, -0.2) is 46.0 Å². The minimum Gasteiger partial charge on any atom is -0.382 e. The summed E-state index contributed by atoms with van der Waals surface area (Å²) in [6.45, 7) is 7.63. The average Bonchev–Trinajstić information content (AvgIpc) is 2.84. The topological polar surface area (TPSA) is 87.8 Å². The number of aromatic amines is 1. The number of ether oxygens (including phenoxy) is 1. The Labute approximate surface area is 118 Å². The lowest BCUT2D eigenvalue weighted by molar-refractivity contribution is 0.158. The Morgan fingerprint density at radius 2 is 2.15 bits per heavy atom. The van der Waals surface area contributed by atoms with Crippen LogP contribution in [0.1, 0.15) is 27.2 Å². The van der Waals surface area contributed by atoms with E-state index in [1.807, 2.05) is 0 Å². The number of nitrogens with one attached hydrogen (secondary N) is 3. The molecule has 0 aliphatic carbocycles. The van der Waals surface area contributed by atoms with Crippen molar-refractivity contribution in [1.82, 2.24) is 20.2 Å². The zero-order valence-corrected chi connectivity index (χ0v) is 12.4. The monoisotopic (exact) mass is 278 g/mol. The van der Waals surface area contributed by atoms with Crippen LogP contribution in [0.5, 0.6) is 0 Å². The van der Waals surface area contributed by atoms with Gasteiger partial charge in [-0.2, -0.15) is 15.1 Å². The van der Waals surface area contributed by atoms with Crippen LogP contribution in [0.15, 0.2) is 6.20 Å². The second-order valence-electron chi connectivity index (χ2n) is 5.40. The van der Waals surface area contributed by atoms with E-state index in [1.54, 1.807) is 13.3 Å². The molecule has 0 saturated heterocycles. The molecule has 0 radical (unpaired) electrons. The van der Waals surface area contributed by atoms with Crippen molar-refractivity contribution >= 4 is 22.8 Å². The molecule has 0 amide bonds. The van der Waals surface area contributed by atoms with Crippen molar-refractivity contribution in [3.05, 3.63) is 6.20 Å². The van der Waals surface area contributed by atoms with Crippen molar-refractivity contribution in [3.63, 3.8) is 0 Å². The molecule has 0 atom stereocenters. The first-order chi connectivity index (χ1) is 9.55. The molecule has 2 aromatic heterocycles. The average molecular weight is 278 g/mol. The molecule has 2 rings (SSSR count). The molecule has 7 nitrogen and oxygen atoms in total. The summed E-state index contributed by atoms with van der Waals surface area (Å²) in [4.78, 5) is 8.93. The molecule has 0 aliphatic rings. The number of anilines is 2. The molecule has 0 unspecified atom stereocenters. The maximum absolute atomic E-state index is 5.22. The highest BCUT2D eigenvalue weighted by atomic mass is 16.5. The molecule has 0 saturated carbocycles. The first-order valence-corrected chi connectivity index (χ1v) is 6.78. The van der Waals surface area contributed by atoms with Gasteiger partial charge in [-0.05, 0) is 20.3 Å². The highest BCUT2D eigenvalue weighted by molar-refractivity contribution is 5.87. The summed E-state index contributed by atoms with van der Waals surface area (Å²) >= 11 is 0. The highest BCUT2D eigenvalue weighted by Gasteiger charge is 2.20. The van der Waals surface area contributed by atoms with E-state index in [1.165, 1.54) is 0 Å².